The van der Waals surface area contributed by atoms with Gasteiger partial charge in [-0.1, -0.05) is 0 Å². The van der Waals surface area contributed by atoms with E-state index >= 15 is 0 Å². The van der Waals surface area contributed by atoms with Crippen molar-refractivity contribution in [2.24, 2.45) is 0 Å². The maximum Gasteiger partial charge on any atom is 0.247 e. The van der Waals surface area contributed by atoms with Gasteiger partial charge >= 0.3 is 0 Å². The van der Waals surface area contributed by atoms with Crippen molar-refractivity contribution in [2.75, 3.05) is 13.1 Å². The van der Waals surface area contributed by atoms with Gasteiger partial charge < -0.3 is 5.32 Å². The molecular formula is C9H13N3O2S. The predicted octanol–water partition coefficient (Wildman–Crippen LogP) is 0.00230. The number of aromatic nitrogens is 2. The summed E-state index contributed by atoms with van der Waals surface area (Å²) in [6, 6.07) is 1.61. The monoisotopic (exact) mass is 227 g/mol. The zero-order valence-electron chi connectivity index (χ0n) is 8.26. The van der Waals surface area contributed by atoms with Crippen molar-refractivity contribution >= 4 is 9.84 Å². The fourth-order valence-electron chi connectivity index (χ4n) is 1.67. The maximum atomic E-state index is 12.0. The molecule has 1 atom stereocenters. The van der Waals surface area contributed by atoms with Crippen molar-refractivity contribution in [2.45, 2.75) is 23.2 Å². The van der Waals surface area contributed by atoms with Gasteiger partial charge in [-0.15, -0.1) is 0 Å². The molecule has 1 aromatic heterocycles. The molecule has 1 aliphatic rings. The molecule has 5 nitrogen and oxygen atoms in total. The van der Waals surface area contributed by atoms with E-state index in [9.17, 15) is 8.42 Å². The van der Waals surface area contributed by atoms with Gasteiger partial charge in [0.1, 0.15) is 0 Å². The van der Waals surface area contributed by atoms with E-state index < -0.39 is 9.84 Å². The van der Waals surface area contributed by atoms with Gasteiger partial charge in [0.05, 0.1) is 5.25 Å². The first kappa shape index (κ1) is 10.5. The van der Waals surface area contributed by atoms with Crippen LogP contribution >= 0.6 is 0 Å². The van der Waals surface area contributed by atoms with Gasteiger partial charge in [-0.05, 0) is 25.5 Å². The molecule has 6 heteroatoms. The molecule has 0 aliphatic carbocycles. The summed E-state index contributed by atoms with van der Waals surface area (Å²) in [5.41, 5.74) is 0. The van der Waals surface area contributed by atoms with Crippen LogP contribution in [0.2, 0.25) is 0 Å². The zero-order valence-corrected chi connectivity index (χ0v) is 9.07. The van der Waals surface area contributed by atoms with Crippen LogP contribution in [0.3, 0.4) is 0 Å². The fourth-order valence-corrected chi connectivity index (χ4v) is 3.19. The van der Waals surface area contributed by atoms with E-state index in [0.29, 0.717) is 13.0 Å². The number of nitrogens with zero attached hydrogens (tertiary/aromatic N) is 2. The molecule has 0 saturated carbocycles. The Morgan fingerprint density at radius 3 is 2.67 bits per heavy atom. The molecule has 15 heavy (non-hydrogen) atoms. The average Bonchev–Trinajstić information content (AvgIpc) is 2.31. The van der Waals surface area contributed by atoms with E-state index in [2.05, 4.69) is 15.3 Å². The molecule has 0 amide bonds. The van der Waals surface area contributed by atoms with Crippen molar-refractivity contribution in [3.63, 3.8) is 0 Å². The molecule has 0 bridgehead atoms. The second-order valence-corrected chi connectivity index (χ2v) is 5.67. The van der Waals surface area contributed by atoms with Crippen molar-refractivity contribution in [1.82, 2.24) is 15.3 Å². The highest BCUT2D eigenvalue weighted by molar-refractivity contribution is 7.91. The normalized spacial score (nSPS) is 22.5. The molecule has 1 aliphatic heterocycles. The summed E-state index contributed by atoms with van der Waals surface area (Å²) < 4.78 is 24.0. The van der Waals surface area contributed by atoms with Crippen LogP contribution in [0.5, 0.6) is 0 Å². The third kappa shape index (κ3) is 2.15. The van der Waals surface area contributed by atoms with E-state index in [0.717, 1.165) is 13.0 Å². The van der Waals surface area contributed by atoms with E-state index in [4.69, 9.17) is 0 Å². The molecule has 0 aromatic carbocycles. The number of piperidine rings is 1. The highest BCUT2D eigenvalue weighted by Crippen LogP contribution is 2.17. The molecule has 0 radical (unpaired) electrons. The highest BCUT2D eigenvalue weighted by atomic mass is 32.2. The summed E-state index contributed by atoms with van der Waals surface area (Å²) in [4.78, 5) is 7.60. The van der Waals surface area contributed by atoms with E-state index in [-0.39, 0.29) is 10.4 Å². The summed E-state index contributed by atoms with van der Waals surface area (Å²) >= 11 is 0. The molecule has 1 aromatic rings. The third-order valence-electron chi connectivity index (χ3n) is 2.49. The second-order valence-electron chi connectivity index (χ2n) is 3.54. The molecule has 2 heterocycles. The lowest BCUT2D eigenvalue weighted by Gasteiger charge is -2.21. The van der Waals surface area contributed by atoms with E-state index in [1.807, 2.05) is 0 Å². The largest absolute Gasteiger partial charge is 0.315 e. The van der Waals surface area contributed by atoms with Crippen LogP contribution in [-0.4, -0.2) is 36.7 Å². The highest BCUT2D eigenvalue weighted by Gasteiger charge is 2.30. The summed E-state index contributed by atoms with van der Waals surface area (Å²) in [7, 11) is -3.35. The topological polar surface area (TPSA) is 72.0 Å². The predicted molar refractivity (Wildman–Crippen MR) is 55.1 cm³/mol. The summed E-state index contributed by atoms with van der Waals surface area (Å²) in [6.45, 7) is 1.39. The zero-order chi connectivity index (χ0) is 10.7. The minimum absolute atomic E-state index is 0.0568. The van der Waals surface area contributed by atoms with Gasteiger partial charge in [0, 0.05) is 18.9 Å². The van der Waals surface area contributed by atoms with Gasteiger partial charge in [0.25, 0.3) is 0 Å². The van der Waals surface area contributed by atoms with Crippen molar-refractivity contribution < 1.29 is 8.42 Å². The molecule has 0 unspecified atom stereocenters. The lowest BCUT2D eigenvalue weighted by atomic mass is 10.2. The number of rotatable bonds is 2. The van der Waals surface area contributed by atoms with Crippen molar-refractivity contribution in [1.29, 1.82) is 0 Å². The lowest BCUT2D eigenvalue weighted by Crippen LogP contribution is -2.39. The molecule has 1 N–H and O–H groups in total. The lowest BCUT2D eigenvalue weighted by molar-refractivity contribution is 0.493. The van der Waals surface area contributed by atoms with Crippen LogP contribution in [0.4, 0.5) is 0 Å². The third-order valence-corrected chi connectivity index (χ3v) is 4.49. The Morgan fingerprint density at radius 1 is 1.33 bits per heavy atom. The average molecular weight is 227 g/mol. The van der Waals surface area contributed by atoms with Crippen LogP contribution in [0.1, 0.15) is 12.8 Å². The Bertz CT molecular complexity index is 412. The van der Waals surface area contributed by atoms with Gasteiger partial charge in [0.15, 0.2) is 0 Å². The molecule has 0 spiro atoms. The molecule has 2 rings (SSSR count). The molecule has 1 fully saturated rings. The van der Waals surface area contributed by atoms with Crippen molar-refractivity contribution in [3.8, 4) is 0 Å². The number of nitrogens with one attached hydrogen (secondary N) is 1. The summed E-state index contributed by atoms with van der Waals surface area (Å²) in [5, 5.41) is 2.64. The maximum absolute atomic E-state index is 12.0. The smallest absolute Gasteiger partial charge is 0.247 e. The molecular weight excluding hydrogens is 214 g/mol. The number of hydrogen-bond acceptors (Lipinski definition) is 5. The van der Waals surface area contributed by atoms with Crippen LogP contribution < -0.4 is 5.32 Å². The minimum Gasteiger partial charge on any atom is -0.315 e. The second kappa shape index (κ2) is 4.24. The van der Waals surface area contributed by atoms with Crippen LogP contribution in [0, 0.1) is 0 Å². The Hall–Kier alpha value is -1.01. The first-order valence-electron chi connectivity index (χ1n) is 4.93. The Morgan fingerprint density at radius 2 is 2.07 bits per heavy atom. The number of sulfone groups is 1. The Labute approximate surface area is 88.9 Å². The minimum atomic E-state index is -3.35. The number of hydrogen-bond donors (Lipinski definition) is 1. The SMILES string of the molecule is O=S(=O)(c1ncccn1)[C@@H]1CCCNC1. The van der Waals surface area contributed by atoms with Gasteiger partial charge in [-0.2, -0.15) is 0 Å². The van der Waals surface area contributed by atoms with Crippen LogP contribution in [0.25, 0.3) is 0 Å². The molecule has 82 valence electrons. The standard InChI is InChI=1S/C9H13N3O2S/c13-15(14,8-3-1-4-10-7-8)9-11-5-2-6-12-9/h2,5-6,8,10H,1,3-4,7H2/t8-/m1/s1. The van der Waals surface area contributed by atoms with E-state index in [1.54, 1.807) is 6.07 Å². The summed E-state index contributed by atoms with van der Waals surface area (Å²) in [5.74, 6) is 0. The van der Waals surface area contributed by atoms with Gasteiger partial charge in [-0.3, -0.25) is 0 Å². The van der Waals surface area contributed by atoms with E-state index in [1.165, 1.54) is 12.4 Å². The quantitative estimate of drug-likeness (QED) is 0.720. The Kier molecular flexibility index (Phi) is 2.97. The summed E-state index contributed by atoms with van der Waals surface area (Å²) in [6.07, 6.45) is 4.48. The first-order valence-corrected chi connectivity index (χ1v) is 6.47. The van der Waals surface area contributed by atoms with Gasteiger partial charge in [0.2, 0.25) is 15.0 Å². The first-order chi connectivity index (χ1) is 7.21. The van der Waals surface area contributed by atoms with Crippen LogP contribution in [-0.2, 0) is 9.84 Å². The fraction of sp³-hybridized carbons (Fsp3) is 0.556. The van der Waals surface area contributed by atoms with Crippen molar-refractivity contribution in [3.05, 3.63) is 18.5 Å². The Balaban J connectivity index is 2.26. The van der Waals surface area contributed by atoms with Gasteiger partial charge in [-0.25, -0.2) is 18.4 Å². The molecule has 1 saturated heterocycles. The van der Waals surface area contributed by atoms with Crippen LogP contribution in [0.15, 0.2) is 23.6 Å².